The molecule has 96 valence electrons. The fraction of sp³-hybridized carbons (Fsp3) is 0.500. The summed E-state index contributed by atoms with van der Waals surface area (Å²) in [5.41, 5.74) is 3.79. The number of aromatic nitrogens is 2. The van der Waals surface area contributed by atoms with E-state index in [1.807, 2.05) is 6.07 Å². The Bertz CT molecular complexity index is 601. The molecule has 2 aromatic heterocycles. The number of hydrogen-bond acceptors (Lipinski definition) is 2. The number of hydrogen-bond donors (Lipinski definition) is 0. The Balaban J connectivity index is 2.15. The molecule has 0 atom stereocenters. The van der Waals surface area contributed by atoms with Gasteiger partial charge >= 0.3 is 0 Å². The van der Waals surface area contributed by atoms with Gasteiger partial charge in [0.25, 0.3) is 0 Å². The Morgan fingerprint density at radius 1 is 1.33 bits per heavy atom. The maximum atomic E-state index is 6.05. The lowest BCUT2D eigenvalue weighted by Crippen LogP contribution is -2.38. The lowest BCUT2D eigenvalue weighted by Gasteiger charge is -2.32. The number of pyridine rings is 1. The second-order valence-corrected chi connectivity index (χ2v) is 5.75. The van der Waals surface area contributed by atoms with Gasteiger partial charge in [-0.1, -0.05) is 11.6 Å². The molecule has 0 N–H and O–H groups in total. The first-order chi connectivity index (χ1) is 8.58. The van der Waals surface area contributed by atoms with Crippen molar-refractivity contribution in [2.45, 2.75) is 39.9 Å². The van der Waals surface area contributed by atoms with E-state index in [1.54, 1.807) is 6.20 Å². The molecular weight excluding hydrogens is 246 g/mol. The molecule has 0 aromatic carbocycles. The maximum Gasteiger partial charge on any atom is 0.140 e. The van der Waals surface area contributed by atoms with Crippen molar-refractivity contribution >= 4 is 22.6 Å². The van der Waals surface area contributed by atoms with Crippen molar-refractivity contribution in [3.63, 3.8) is 0 Å². The molecule has 2 aromatic rings. The van der Waals surface area contributed by atoms with E-state index in [0.29, 0.717) is 11.1 Å². The van der Waals surface area contributed by atoms with E-state index in [0.717, 1.165) is 25.3 Å². The lowest BCUT2D eigenvalue weighted by molar-refractivity contribution is 0.178. The zero-order chi connectivity index (χ0) is 12.9. The van der Waals surface area contributed by atoms with E-state index >= 15 is 0 Å². The molecule has 1 aliphatic rings. The molecule has 0 saturated heterocycles. The highest BCUT2D eigenvalue weighted by atomic mass is 35.5. The van der Waals surface area contributed by atoms with Crippen molar-refractivity contribution in [3.8, 4) is 0 Å². The smallest absolute Gasteiger partial charge is 0.140 e. The van der Waals surface area contributed by atoms with Crippen LogP contribution in [0.5, 0.6) is 0 Å². The maximum absolute atomic E-state index is 6.05. The summed E-state index contributed by atoms with van der Waals surface area (Å²) in [7, 11) is 0. The summed E-state index contributed by atoms with van der Waals surface area (Å²) in [6.07, 6.45) is 1.74. The average Bonchev–Trinajstić information content (AvgIpc) is 2.62. The van der Waals surface area contributed by atoms with E-state index in [9.17, 15) is 0 Å². The third kappa shape index (κ3) is 1.73. The van der Waals surface area contributed by atoms with Gasteiger partial charge in [0, 0.05) is 43.0 Å². The number of rotatable bonds is 1. The third-order valence-electron chi connectivity index (χ3n) is 3.95. The van der Waals surface area contributed by atoms with Crippen LogP contribution in [0.4, 0.5) is 0 Å². The van der Waals surface area contributed by atoms with Crippen LogP contribution in [-0.2, 0) is 13.1 Å². The molecule has 0 spiro atoms. The predicted molar refractivity (Wildman–Crippen MR) is 75.0 cm³/mol. The molecule has 3 rings (SSSR count). The van der Waals surface area contributed by atoms with Gasteiger partial charge in [0.2, 0.25) is 0 Å². The molecule has 0 bridgehead atoms. The fourth-order valence-electron chi connectivity index (χ4n) is 2.79. The molecule has 0 fully saturated rings. The van der Waals surface area contributed by atoms with Gasteiger partial charge < -0.3 is 4.57 Å². The SMILES string of the molecule is Cc1c2n(c3ncc(Cl)cc13)CCN(C(C)C)C2. The summed E-state index contributed by atoms with van der Waals surface area (Å²) in [5.74, 6) is 0. The van der Waals surface area contributed by atoms with Crippen LogP contribution in [0.3, 0.4) is 0 Å². The van der Waals surface area contributed by atoms with Crippen molar-refractivity contribution in [2.75, 3.05) is 6.54 Å². The van der Waals surface area contributed by atoms with Gasteiger partial charge in [0.15, 0.2) is 0 Å². The number of fused-ring (bicyclic) bond motifs is 3. The van der Waals surface area contributed by atoms with Crippen LogP contribution in [-0.4, -0.2) is 27.0 Å². The molecule has 0 aliphatic carbocycles. The van der Waals surface area contributed by atoms with Gasteiger partial charge in [-0.05, 0) is 32.4 Å². The Labute approximate surface area is 112 Å². The minimum atomic E-state index is 0.590. The van der Waals surface area contributed by atoms with E-state index in [2.05, 4.69) is 35.2 Å². The Morgan fingerprint density at radius 3 is 2.83 bits per heavy atom. The first kappa shape index (κ1) is 12.0. The first-order valence-corrected chi connectivity index (χ1v) is 6.83. The highest BCUT2D eigenvalue weighted by Gasteiger charge is 2.23. The summed E-state index contributed by atoms with van der Waals surface area (Å²) in [5, 5.41) is 1.91. The van der Waals surface area contributed by atoms with E-state index < -0.39 is 0 Å². The third-order valence-corrected chi connectivity index (χ3v) is 4.15. The molecule has 3 heterocycles. The second kappa shape index (κ2) is 4.25. The highest BCUT2D eigenvalue weighted by molar-refractivity contribution is 6.31. The topological polar surface area (TPSA) is 21.1 Å². The minimum absolute atomic E-state index is 0.590. The standard InChI is InChI=1S/C14H18ClN3/c1-9(2)17-4-5-18-13(8-17)10(3)12-6-11(15)7-16-14(12)18/h6-7,9H,4-5,8H2,1-3H3. The van der Waals surface area contributed by atoms with Crippen molar-refractivity contribution in [2.24, 2.45) is 0 Å². The van der Waals surface area contributed by atoms with Crippen LogP contribution in [0.25, 0.3) is 11.0 Å². The van der Waals surface area contributed by atoms with E-state index in [1.165, 1.54) is 16.6 Å². The van der Waals surface area contributed by atoms with Crippen LogP contribution in [0.2, 0.25) is 5.02 Å². The quantitative estimate of drug-likeness (QED) is 0.788. The van der Waals surface area contributed by atoms with E-state index in [4.69, 9.17) is 11.6 Å². The molecule has 0 radical (unpaired) electrons. The summed E-state index contributed by atoms with van der Waals surface area (Å²) in [6, 6.07) is 2.62. The Hall–Kier alpha value is -1.06. The van der Waals surface area contributed by atoms with Gasteiger partial charge in [0.05, 0.1) is 5.02 Å². The zero-order valence-electron chi connectivity index (χ0n) is 11.1. The fourth-order valence-corrected chi connectivity index (χ4v) is 2.95. The molecular formula is C14H18ClN3. The average molecular weight is 264 g/mol. The summed E-state index contributed by atoms with van der Waals surface area (Å²) >= 11 is 6.05. The van der Waals surface area contributed by atoms with Crippen molar-refractivity contribution in [3.05, 3.63) is 28.5 Å². The summed E-state index contributed by atoms with van der Waals surface area (Å²) in [6.45, 7) is 9.81. The van der Waals surface area contributed by atoms with Crippen molar-refractivity contribution < 1.29 is 0 Å². The Kier molecular flexibility index (Phi) is 2.83. The van der Waals surface area contributed by atoms with Gasteiger partial charge in [-0.25, -0.2) is 4.98 Å². The number of aryl methyl sites for hydroxylation is 1. The molecule has 0 saturated carbocycles. The minimum Gasteiger partial charge on any atom is -0.327 e. The number of halogens is 1. The molecule has 4 heteroatoms. The lowest BCUT2D eigenvalue weighted by atomic mass is 10.1. The zero-order valence-corrected chi connectivity index (χ0v) is 11.8. The largest absolute Gasteiger partial charge is 0.327 e. The van der Waals surface area contributed by atoms with Gasteiger partial charge in [-0.15, -0.1) is 0 Å². The van der Waals surface area contributed by atoms with Crippen molar-refractivity contribution in [1.29, 1.82) is 0 Å². The van der Waals surface area contributed by atoms with Gasteiger partial charge in [-0.3, -0.25) is 4.90 Å². The first-order valence-electron chi connectivity index (χ1n) is 6.45. The van der Waals surface area contributed by atoms with Crippen LogP contribution >= 0.6 is 11.6 Å². The molecule has 18 heavy (non-hydrogen) atoms. The van der Waals surface area contributed by atoms with Crippen LogP contribution in [0, 0.1) is 6.92 Å². The summed E-state index contributed by atoms with van der Waals surface area (Å²) in [4.78, 5) is 7.00. The van der Waals surface area contributed by atoms with Gasteiger partial charge in [-0.2, -0.15) is 0 Å². The van der Waals surface area contributed by atoms with Crippen LogP contribution < -0.4 is 0 Å². The monoisotopic (exact) mass is 263 g/mol. The molecule has 1 aliphatic heterocycles. The summed E-state index contributed by atoms with van der Waals surface area (Å²) < 4.78 is 2.35. The normalized spacial score (nSPS) is 16.5. The van der Waals surface area contributed by atoms with Crippen LogP contribution in [0.1, 0.15) is 25.1 Å². The molecule has 3 nitrogen and oxygen atoms in total. The van der Waals surface area contributed by atoms with Gasteiger partial charge in [0.1, 0.15) is 5.65 Å². The second-order valence-electron chi connectivity index (χ2n) is 5.31. The van der Waals surface area contributed by atoms with Crippen molar-refractivity contribution in [1.82, 2.24) is 14.5 Å². The van der Waals surface area contributed by atoms with Crippen LogP contribution in [0.15, 0.2) is 12.3 Å². The van der Waals surface area contributed by atoms with E-state index in [-0.39, 0.29) is 0 Å². The number of nitrogens with zero attached hydrogens (tertiary/aromatic N) is 3. The highest BCUT2D eigenvalue weighted by Crippen LogP contribution is 2.29. The molecule has 0 amide bonds. The Morgan fingerprint density at radius 2 is 2.11 bits per heavy atom. The predicted octanol–water partition coefficient (Wildman–Crippen LogP) is 3.22. The molecule has 0 unspecified atom stereocenters.